The van der Waals surface area contributed by atoms with Gasteiger partial charge in [-0.25, -0.2) is 0 Å². The first-order valence-corrected chi connectivity index (χ1v) is 15.4. The molecule has 0 atom stereocenters. The van der Waals surface area contributed by atoms with Gasteiger partial charge in [-0.3, -0.25) is 4.79 Å². The summed E-state index contributed by atoms with van der Waals surface area (Å²) in [5.74, 6) is 2.52. The molecule has 1 fully saturated rings. The lowest BCUT2D eigenvalue weighted by Crippen LogP contribution is -2.29. The quantitative estimate of drug-likeness (QED) is 0.121. The third kappa shape index (κ3) is 9.88. The molecule has 0 unspecified atom stereocenters. The van der Waals surface area contributed by atoms with E-state index in [1.54, 1.807) is 12.1 Å². The Bertz CT molecular complexity index is 1370. The predicted molar refractivity (Wildman–Crippen MR) is 168 cm³/mol. The molecular weight excluding hydrogens is 580 g/mol. The van der Waals surface area contributed by atoms with Crippen LogP contribution in [0, 0.1) is 0 Å². The van der Waals surface area contributed by atoms with Crippen molar-refractivity contribution in [2.24, 2.45) is 5.73 Å². The molecule has 1 aromatic heterocycles. The van der Waals surface area contributed by atoms with Crippen LogP contribution < -0.4 is 36.5 Å². The van der Waals surface area contributed by atoms with Gasteiger partial charge in [0.15, 0.2) is 11.5 Å². The average molecular weight is 623 g/mol. The van der Waals surface area contributed by atoms with Gasteiger partial charge in [0.2, 0.25) is 24.6 Å². The van der Waals surface area contributed by atoms with Crippen molar-refractivity contribution in [3.05, 3.63) is 59.2 Å². The number of amides is 1. The Balaban J connectivity index is 1.16. The Morgan fingerprint density at radius 1 is 0.867 bits per heavy atom. The summed E-state index contributed by atoms with van der Waals surface area (Å²) in [4.78, 5) is 26.3. The molecule has 1 aliphatic heterocycles. The first kappa shape index (κ1) is 32.2. The largest absolute Gasteiger partial charge is 0.454 e. The zero-order valence-electron chi connectivity index (χ0n) is 25.3. The fourth-order valence-corrected chi connectivity index (χ4v) is 5.00. The van der Waals surface area contributed by atoms with Crippen LogP contribution in [0.15, 0.2) is 42.5 Å². The van der Waals surface area contributed by atoms with Gasteiger partial charge in [0.05, 0.1) is 32.5 Å². The number of hydrogen-bond donors (Lipinski definition) is 6. The van der Waals surface area contributed by atoms with Crippen LogP contribution in [0.5, 0.6) is 11.5 Å². The lowest BCUT2D eigenvalue weighted by molar-refractivity contribution is 0.0511. The van der Waals surface area contributed by atoms with E-state index in [0.29, 0.717) is 87.5 Å². The number of fused-ring (bicyclic) bond motifs is 1. The minimum atomic E-state index is -0.252. The summed E-state index contributed by atoms with van der Waals surface area (Å²) in [6.45, 7) is 3.80. The summed E-state index contributed by atoms with van der Waals surface area (Å²) < 4.78 is 21.8. The van der Waals surface area contributed by atoms with Crippen LogP contribution in [0.3, 0.4) is 0 Å². The zero-order valence-corrected chi connectivity index (χ0v) is 25.3. The monoisotopic (exact) mass is 622 g/mol. The molecule has 5 rings (SSSR count). The number of aliphatic hydroxyl groups excluding tert-OH is 1. The highest BCUT2D eigenvalue weighted by Crippen LogP contribution is 2.35. The van der Waals surface area contributed by atoms with Gasteiger partial charge in [0, 0.05) is 43.3 Å². The van der Waals surface area contributed by atoms with Crippen LogP contribution in [0.2, 0.25) is 0 Å². The Morgan fingerprint density at radius 3 is 2.33 bits per heavy atom. The van der Waals surface area contributed by atoms with Crippen LogP contribution in [-0.2, 0) is 22.6 Å². The van der Waals surface area contributed by atoms with Crippen molar-refractivity contribution in [2.45, 2.75) is 50.9 Å². The fourth-order valence-electron chi connectivity index (χ4n) is 5.00. The first-order chi connectivity index (χ1) is 22.1. The lowest BCUT2D eigenvalue weighted by Gasteiger charge is -2.26. The number of ether oxygens (including phenoxy) is 4. The molecule has 0 saturated heterocycles. The maximum absolute atomic E-state index is 12.5. The van der Waals surface area contributed by atoms with Gasteiger partial charge >= 0.3 is 0 Å². The number of aliphatic hydroxyl groups is 1. The second-order valence-corrected chi connectivity index (χ2v) is 10.8. The Kier molecular flexibility index (Phi) is 12.0. The average Bonchev–Trinajstić information content (AvgIpc) is 3.55. The number of nitrogens with two attached hydrogens (primary N) is 1. The van der Waals surface area contributed by atoms with Gasteiger partial charge in [0.25, 0.3) is 5.91 Å². The van der Waals surface area contributed by atoms with Crippen molar-refractivity contribution in [1.29, 1.82) is 0 Å². The van der Waals surface area contributed by atoms with Crippen molar-refractivity contribution in [2.75, 3.05) is 62.3 Å². The van der Waals surface area contributed by atoms with Crippen LogP contribution in [0.25, 0.3) is 0 Å². The maximum atomic E-state index is 12.5. The van der Waals surface area contributed by atoms with E-state index < -0.39 is 0 Å². The van der Waals surface area contributed by atoms with E-state index in [1.165, 1.54) is 0 Å². The van der Waals surface area contributed by atoms with Crippen LogP contribution >= 0.6 is 0 Å². The number of benzene rings is 2. The molecule has 2 aromatic carbocycles. The number of hydrogen-bond acceptors (Lipinski definition) is 13. The van der Waals surface area contributed by atoms with Crippen molar-refractivity contribution >= 4 is 23.8 Å². The summed E-state index contributed by atoms with van der Waals surface area (Å²) in [5.41, 5.74) is 7.82. The molecule has 2 aliphatic rings. The summed E-state index contributed by atoms with van der Waals surface area (Å²) in [5, 5.41) is 22.7. The molecule has 242 valence electrons. The lowest BCUT2D eigenvalue weighted by atomic mass is 9.93. The Labute approximate surface area is 262 Å². The number of anilines is 3. The number of carbonyl (C=O) groups excluding carboxylic acids is 1. The topological polar surface area (TPSA) is 187 Å². The van der Waals surface area contributed by atoms with Gasteiger partial charge in [-0.05, 0) is 49.4 Å². The highest BCUT2D eigenvalue weighted by Gasteiger charge is 2.21. The Morgan fingerprint density at radius 2 is 1.58 bits per heavy atom. The SMILES string of the molecule is NCCOCCOCCNC(=O)c1ccc(CNc2nc(NCc3cccc4c3OCO4)nc(NC3CCC(O)CC3)n2)cc1. The van der Waals surface area contributed by atoms with Crippen molar-refractivity contribution < 1.29 is 28.8 Å². The van der Waals surface area contributed by atoms with E-state index in [4.69, 9.17) is 24.7 Å². The molecule has 3 aromatic rings. The molecule has 14 nitrogen and oxygen atoms in total. The van der Waals surface area contributed by atoms with Gasteiger partial charge in [-0.2, -0.15) is 15.0 Å². The summed E-state index contributed by atoms with van der Waals surface area (Å²) in [6.07, 6.45) is 2.91. The number of rotatable bonds is 17. The molecule has 45 heavy (non-hydrogen) atoms. The van der Waals surface area contributed by atoms with Gasteiger partial charge in [0.1, 0.15) is 0 Å². The molecule has 1 saturated carbocycles. The third-order valence-corrected chi connectivity index (χ3v) is 7.41. The highest BCUT2D eigenvalue weighted by atomic mass is 16.7. The molecule has 0 spiro atoms. The number of nitrogens with zero attached hydrogens (tertiary/aromatic N) is 3. The predicted octanol–water partition coefficient (Wildman–Crippen LogP) is 2.26. The molecule has 1 aliphatic carbocycles. The molecule has 2 heterocycles. The second kappa shape index (κ2) is 16.7. The maximum Gasteiger partial charge on any atom is 0.251 e. The van der Waals surface area contributed by atoms with E-state index in [-0.39, 0.29) is 24.8 Å². The molecule has 1 amide bonds. The highest BCUT2D eigenvalue weighted by molar-refractivity contribution is 5.94. The molecule has 7 N–H and O–H groups in total. The number of para-hydroxylation sites is 1. The van der Waals surface area contributed by atoms with E-state index in [1.807, 2.05) is 30.3 Å². The third-order valence-electron chi connectivity index (χ3n) is 7.41. The van der Waals surface area contributed by atoms with E-state index in [0.717, 1.165) is 36.8 Å². The van der Waals surface area contributed by atoms with Crippen LogP contribution in [-0.4, -0.2) is 84.4 Å². The Hall–Kier alpha value is -4.24. The van der Waals surface area contributed by atoms with E-state index >= 15 is 0 Å². The van der Waals surface area contributed by atoms with Crippen LogP contribution in [0.4, 0.5) is 17.8 Å². The molecule has 14 heteroatoms. The fraction of sp³-hybridized carbons (Fsp3) is 0.484. The van der Waals surface area contributed by atoms with Crippen LogP contribution in [0.1, 0.15) is 47.2 Å². The van der Waals surface area contributed by atoms with Gasteiger partial charge < -0.3 is 51.1 Å². The number of aromatic nitrogens is 3. The zero-order chi connectivity index (χ0) is 31.3. The number of carbonyl (C=O) groups is 1. The van der Waals surface area contributed by atoms with Crippen molar-refractivity contribution in [3.63, 3.8) is 0 Å². The van der Waals surface area contributed by atoms with Crippen molar-refractivity contribution in [1.82, 2.24) is 20.3 Å². The van der Waals surface area contributed by atoms with Gasteiger partial charge in [-0.1, -0.05) is 24.3 Å². The molecule has 0 bridgehead atoms. The van der Waals surface area contributed by atoms with Gasteiger partial charge in [-0.15, -0.1) is 0 Å². The molecule has 0 radical (unpaired) electrons. The summed E-state index contributed by atoms with van der Waals surface area (Å²) >= 11 is 0. The first-order valence-electron chi connectivity index (χ1n) is 15.4. The molecular formula is C31H42N8O6. The minimum Gasteiger partial charge on any atom is -0.454 e. The van der Waals surface area contributed by atoms with E-state index in [9.17, 15) is 9.90 Å². The smallest absolute Gasteiger partial charge is 0.251 e. The second-order valence-electron chi connectivity index (χ2n) is 10.8. The minimum absolute atomic E-state index is 0.167. The normalized spacial score (nSPS) is 17.1. The summed E-state index contributed by atoms with van der Waals surface area (Å²) in [6, 6.07) is 13.3. The standard InChI is InChI=1S/C31H42N8O6/c32-12-14-42-16-17-43-15-13-33-28(41)22-6-4-21(5-7-22)18-34-29-37-30(35-19-23-2-1-3-26-27(23)45-20-44-26)39-31(38-29)36-24-8-10-25(40)11-9-24/h1-7,24-25,40H,8-20,32H2,(H,33,41)(H3,34,35,36,37,38,39). The summed E-state index contributed by atoms with van der Waals surface area (Å²) in [7, 11) is 0. The number of nitrogens with one attached hydrogen (secondary N) is 4. The van der Waals surface area contributed by atoms with Crippen molar-refractivity contribution in [3.8, 4) is 11.5 Å². The van der Waals surface area contributed by atoms with E-state index in [2.05, 4.69) is 36.2 Å².